The van der Waals surface area contributed by atoms with Gasteiger partial charge in [0.15, 0.2) is 5.69 Å². The summed E-state index contributed by atoms with van der Waals surface area (Å²) in [6.45, 7) is 0. The number of hydrogen-bond donors (Lipinski definition) is 0. The van der Waals surface area contributed by atoms with Crippen molar-refractivity contribution in [2.75, 3.05) is 14.2 Å². The molecule has 2 aromatic rings. The van der Waals surface area contributed by atoms with E-state index in [0.717, 1.165) is 0 Å². The van der Waals surface area contributed by atoms with Gasteiger partial charge >= 0.3 is 0 Å². The average Bonchev–Trinajstić information content (AvgIpc) is 2.83. The summed E-state index contributed by atoms with van der Waals surface area (Å²) in [6, 6.07) is 1.60. The lowest BCUT2D eigenvalue weighted by Gasteiger charge is -2.07. The molecule has 7 nitrogen and oxygen atoms in total. The van der Waals surface area contributed by atoms with Crippen molar-refractivity contribution in [1.82, 2.24) is 19.7 Å². The first-order valence-corrected chi connectivity index (χ1v) is 5.15. The van der Waals surface area contributed by atoms with Gasteiger partial charge in [0.25, 0.3) is 0 Å². The number of carbonyl (C=O) groups is 1. The molecule has 0 bridgehead atoms. The van der Waals surface area contributed by atoms with Gasteiger partial charge < -0.3 is 9.47 Å². The van der Waals surface area contributed by atoms with Gasteiger partial charge in [0.05, 0.1) is 20.4 Å². The third-order valence-electron chi connectivity index (χ3n) is 2.39. The normalized spacial score (nSPS) is 10.2. The fourth-order valence-corrected chi connectivity index (χ4v) is 1.47. The summed E-state index contributed by atoms with van der Waals surface area (Å²) in [4.78, 5) is 20.3. The molecule has 0 spiro atoms. The van der Waals surface area contributed by atoms with Crippen LogP contribution in [0.2, 0.25) is 0 Å². The summed E-state index contributed by atoms with van der Waals surface area (Å²) in [7, 11) is 4.56. The number of ether oxygens (including phenoxy) is 2. The third kappa shape index (κ3) is 2.02. The molecule has 0 aromatic carbocycles. The molecule has 0 N–H and O–H groups in total. The van der Waals surface area contributed by atoms with E-state index < -0.39 is 0 Å². The van der Waals surface area contributed by atoms with Gasteiger partial charge in [-0.25, -0.2) is 4.98 Å². The molecule has 0 amide bonds. The van der Waals surface area contributed by atoms with Crippen LogP contribution >= 0.6 is 0 Å². The fraction of sp³-hybridized carbons (Fsp3) is 0.273. The second kappa shape index (κ2) is 4.82. The molecule has 0 aliphatic rings. The maximum atomic E-state index is 12.2. The third-order valence-corrected chi connectivity index (χ3v) is 2.39. The van der Waals surface area contributed by atoms with E-state index in [1.165, 1.54) is 31.3 Å². The Balaban J connectivity index is 2.45. The summed E-state index contributed by atoms with van der Waals surface area (Å²) in [5.74, 6) is 0.107. The summed E-state index contributed by atoms with van der Waals surface area (Å²) >= 11 is 0. The molecule has 2 rings (SSSR count). The Bertz CT molecular complexity index is 579. The first kappa shape index (κ1) is 12.0. The highest BCUT2D eigenvalue weighted by atomic mass is 16.5. The Labute approximate surface area is 103 Å². The van der Waals surface area contributed by atoms with Crippen molar-refractivity contribution in [3.63, 3.8) is 0 Å². The molecule has 0 atom stereocenters. The Morgan fingerprint density at radius 1 is 1.33 bits per heavy atom. The average molecular weight is 248 g/mol. The van der Waals surface area contributed by atoms with E-state index >= 15 is 0 Å². The minimum atomic E-state index is -0.304. The largest absolute Gasteiger partial charge is 0.480 e. The number of aryl methyl sites for hydroxylation is 1. The van der Waals surface area contributed by atoms with Crippen molar-refractivity contribution in [3.05, 3.63) is 29.8 Å². The summed E-state index contributed by atoms with van der Waals surface area (Å²) in [5.41, 5.74) is 0.537. The number of carbonyl (C=O) groups excluding carboxylic acids is 1. The van der Waals surface area contributed by atoms with E-state index in [1.54, 1.807) is 13.1 Å². The van der Waals surface area contributed by atoms with Gasteiger partial charge in [-0.1, -0.05) is 0 Å². The lowest BCUT2D eigenvalue weighted by Crippen LogP contribution is -2.12. The molecule has 0 aliphatic carbocycles. The number of hydrogen-bond acceptors (Lipinski definition) is 6. The predicted octanol–water partition coefficient (Wildman–Crippen LogP) is 0.458. The van der Waals surface area contributed by atoms with E-state index in [1.807, 2.05) is 0 Å². The second-order valence-corrected chi connectivity index (χ2v) is 3.44. The second-order valence-electron chi connectivity index (χ2n) is 3.44. The quantitative estimate of drug-likeness (QED) is 0.731. The molecule has 0 fully saturated rings. The van der Waals surface area contributed by atoms with E-state index in [9.17, 15) is 4.79 Å². The van der Waals surface area contributed by atoms with Crippen LogP contribution in [-0.4, -0.2) is 39.8 Å². The van der Waals surface area contributed by atoms with Crippen LogP contribution in [0.1, 0.15) is 16.2 Å². The minimum Gasteiger partial charge on any atom is -0.480 e. The highest BCUT2D eigenvalue weighted by molar-refractivity contribution is 6.07. The first-order valence-electron chi connectivity index (χ1n) is 5.15. The molecule has 2 aromatic heterocycles. The van der Waals surface area contributed by atoms with Crippen LogP contribution in [0.5, 0.6) is 11.8 Å². The van der Waals surface area contributed by atoms with Crippen LogP contribution in [-0.2, 0) is 7.05 Å². The van der Waals surface area contributed by atoms with E-state index in [2.05, 4.69) is 15.1 Å². The van der Waals surface area contributed by atoms with Crippen molar-refractivity contribution in [1.29, 1.82) is 0 Å². The topological polar surface area (TPSA) is 79.1 Å². The van der Waals surface area contributed by atoms with Crippen molar-refractivity contribution in [2.24, 2.45) is 7.05 Å². The SMILES string of the molecule is COc1cnc(C(=O)c2ccnn2C)c(OC)n1. The van der Waals surface area contributed by atoms with Crippen molar-refractivity contribution in [3.8, 4) is 11.8 Å². The van der Waals surface area contributed by atoms with Crippen LogP contribution in [0.3, 0.4) is 0 Å². The molecular weight excluding hydrogens is 236 g/mol. The highest BCUT2D eigenvalue weighted by Gasteiger charge is 2.20. The molecule has 0 saturated heterocycles. The van der Waals surface area contributed by atoms with Gasteiger partial charge in [0, 0.05) is 13.2 Å². The molecular formula is C11H12N4O3. The maximum Gasteiger partial charge on any atom is 0.247 e. The van der Waals surface area contributed by atoms with Crippen LogP contribution in [0, 0.1) is 0 Å². The molecule has 0 aliphatic heterocycles. The van der Waals surface area contributed by atoms with Crippen molar-refractivity contribution in [2.45, 2.75) is 0 Å². The maximum absolute atomic E-state index is 12.2. The zero-order chi connectivity index (χ0) is 13.1. The Morgan fingerprint density at radius 3 is 2.67 bits per heavy atom. The summed E-state index contributed by atoms with van der Waals surface area (Å²) in [5, 5.41) is 3.93. The lowest BCUT2D eigenvalue weighted by atomic mass is 10.2. The van der Waals surface area contributed by atoms with Gasteiger partial charge in [-0.05, 0) is 6.07 Å². The number of rotatable bonds is 4. The van der Waals surface area contributed by atoms with Crippen molar-refractivity contribution >= 4 is 5.78 Å². The molecule has 7 heteroatoms. The van der Waals surface area contributed by atoms with Gasteiger partial charge in [-0.3, -0.25) is 9.48 Å². The van der Waals surface area contributed by atoms with E-state index in [-0.39, 0.29) is 23.2 Å². The molecule has 0 saturated carbocycles. The van der Waals surface area contributed by atoms with Crippen LogP contribution in [0.25, 0.3) is 0 Å². The van der Waals surface area contributed by atoms with Gasteiger partial charge in [-0.15, -0.1) is 0 Å². The molecule has 18 heavy (non-hydrogen) atoms. The smallest absolute Gasteiger partial charge is 0.247 e. The lowest BCUT2D eigenvalue weighted by molar-refractivity contribution is 0.102. The highest BCUT2D eigenvalue weighted by Crippen LogP contribution is 2.19. The van der Waals surface area contributed by atoms with Crippen molar-refractivity contribution < 1.29 is 14.3 Å². The fourth-order valence-electron chi connectivity index (χ4n) is 1.47. The molecule has 2 heterocycles. The number of nitrogens with zero attached hydrogens (tertiary/aromatic N) is 4. The predicted molar refractivity (Wildman–Crippen MR) is 61.8 cm³/mol. The standard InChI is InChI=1S/C11H12N4O3/c1-15-7(4-5-13-15)10(16)9-11(18-3)14-8(17-2)6-12-9/h4-6H,1-3H3. The Hall–Kier alpha value is -2.44. The van der Waals surface area contributed by atoms with Gasteiger partial charge in [-0.2, -0.15) is 10.1 Å². The zero-order valence-electron chi connectivity index (χ0n) is 10.2. The van der Waals surface area contributed by atoms with Crippen LogP contribution in [0.4, 0.5) is 0 Å². The summed E-state index contributed by atoms with van der Waals surface area (Å²) < 4.78 is 11.4. The van der Waals surface area contributed by atoms with Gasteiger partial charge in [0.1, 0.15) is 5.69 Å². The van der Waals surface area contributed by atoms with Crippen LogP contribution in [0.15, 0.2) is 18.5 Å². The number of aromatic nitrogens is 4. The molecule has 94 valence electrons. The van der Waals surface area contributed by atoms with Gasteiger partial charge in [0.2, 0.25) is 17.5 Å². The summed E-state index contributed by atoms with van der Waals surface area (Å²) in [6.07, 6.45) is 2.91. The number of ketones is 1. The Morgan fingerprint density at radius 2 is 2.11 bits per heavy atom. The first-order chi connectivity index (χ1) is 8.67. The van der Waals surface area contributed by atoms with E-state index in [4.69, 9.17) is 9.47 Å². The zero-order valence-corrected chi connectivity index (χ0v) is 10.2. The monoisotopic (exact) mass is 248 g/mol. The molecule has 0 radical (unpaired) electrons. The number of methoxy groups -OCH3 is 2. The van der Waals surface area contributed by atoms with Crippen LogP contribution < -0.4 is 9.47 Å². The Kier molecular flexibility index (Phi) is 3.22. The van der Waals surface area contributed by atoms with E-state index in [0.29, 0.717) is 5.69 Å². The molecule has 0 unspecified atom stereocenters. The minimum absolute atomic E-state index is 0.126.